The Kier molecular flexibility index (Phi) is 8.00. The van der Waals surface area contributed by atoms with E-state index in [0.717, 1.165) is 33.6 Å². The van der Waals surface area contributed by atoms with E-state index >= 15 is 0 Å². The van der Waals surface area contributed by atoms with Gasteiger partial charge in [-0.3, -0.25) is 14.5 Å². The number of benzene rings is 3. The summed E-state index contributed by atoms with van der Waals surface area (Å²) in [4.78, 5) is 28.5. The molecule has 3 aromatic carbocycles. The van der Waals surface area contributed by atoms with Gasteiger partial charge in [0.05, 0.1) is 22.4 Å². The summed E-state index contributed by atoms with van der Waals surface area (Å²) in [7, 11) is 0. The van der Waals surface area contributed by atoms with Gasteiger partial charge in [0.25, 0.3) is 0 Å². The van der Waals surface area contributed by atoms with Crippen LogP contribution in [-0.4, -0.2) is 33.9 Å². The molecule has 2 amide bonds. The molecule has 0 aliphatic carbocycles. The number of nitrogens with one attached hydrogen (secondary N) is 1. The number of nitrogens with zero attached hydrogens (tertiary/aromatic N) is 3. The number of rotatable bonds is 6. The second-order valence-corrected chi connectivity index (χ2v) is 12.3. The monoisotopic (exact) mass is 574 g/mol. The second-order valence-electron chi connectivity index (χ2n) is 11.2. The molecule has 0 bridgehead atoms. The van der Waals surface area contributed by atoms with Crippen LogP contribution in [0.2, 0.25) is 0 Å². The lowest BCUT2D eigenvalue weighted by atomic mass is 9.87. The molecule has 1 N–H and O–H groups in total. The number of aromatic nitrogens is 2. The van der Waals surface area contributed by atoms with Crippen molar-refractivity contribution in [1.29, 1.82) is 0 Å². The molecule has 0 unspecified atom stereocenters. The number of fused-ring (bicyclic) bond motifs is 1. The lowest BCUT2D eigenvalue weighted by Gasteiger charge is -2.24. The van der Waals surface area contributed by atoms with E-state index in [1.807, 2.05) is 31.2 Å². The number of hydrogen-bond acceptors (Lipinski definition) is 4. The normalized spacial score (nSPS) is 15.4. The minimum atomic E-state index is -0.401. The minimum absolute atomic E-state index is 0.124. The second kappa shape index (κ2) is 11.5. The Hall–Kier alpha value is -3.98. The molecule has 1 atom stereocenters. The van der Waals surface area contributed by atoms with Crippen LogP contribution in [0.15, 0.2) is 72.8 Å². The van der Waals surface area contributed by atoms with Crippen LogP contribution in [-0.2, 0) is 21.5 Å². The van der Waals surface area contributed by atoms with Crippen LogP contribution in [0.4, 0.5) is 14.6 Å². The number of hydrogen-bond donors (Lipinski definition) is 1. The van der Waals surface area contributed by atoms with Gasteiger partial charge in [-0.2, -0.15) is 5.10 Å². The predicted molar refractivity (Wildman–Crippen MR) is 158 cm³/mol. The van der Waals surface area contributed by atoms with E-state index < -0.39 is 5.41 Å². The van der Waals surface area contributed by atoms with Gasteiger partial charge in [-0.25, -0.2) is 13.5 Å². The molecule has 0 radical (unpaired) electrons. The molecular weight excluding hydrogens is 542 g/mol. The highest BCUT2D eigenvalue weighted by Gasteiger charge is 2.40. The van der Waals surface area contributed by atoms with Crippen molar-refractivity contribution in [2.24, 2.45) is 0 Å². The average molecular weight is 575 g/mol. The molecule has 5 rings (SSSR count). The quantitative estimate of drug-likeness (QED) is 0.296. The summed E-state index contributed by atoms with van der Waals surface area (Å²) in [5.74, 6) is -0.619. The molecule has 4 aromatic rings. The van der Waals surface area contributed by atoms with E-state index in [1.165, 1.54) is 40.9 Å². The Labute approximate surface area is 242 Å². The lowest BCUT2D eigenvalue weighted by Crippen LogP contribution is -2.42. The maximum absolute atomic E-state index is 13.9. The average Bonchev–Trinajstić information content (AvgIpc) is 3.27. The largest absolute Gasteiger partial charge is 0.350 e. The van der Waals surface area contributed by atoms with Gasteiger partial charge in [0.2, 0.25) is 11.8 Å². The van der Waals surface area contributed by atoms with E-state index in [4.69, 9.17) is 5.10 Å². The first-order valence-electron chi connectivity index (χ1n) is 13.4. The molecule has 0 saturated heterocycles. The molecule has 1 aliphatic heterocycles. The summed E-state index contributed by atoms with van der Waals surface area (Å²) < 4.78 is 29.0. The minimum Gasteiger partial charge on any atom is -0.350 e. The fourth-order valence-corrected chi connectivity index (χ4v) is 6.11. The highest BCUT2D eigenvalue weighted by Crippen LogP contribution is 2.48. The van der Waals surface area contributed by atoms with Gasteiger partial charge in [0.1, 0.15) is 24.0 Å². The molecule has 212 valence electrons. The van der Waals surface area contributed by atoms with Crippen molar-refractivity contribution < 1.29 is 18.4 Å². The Morgan fingerprint density at radius 2 is 1.68 bits per heavy atom. The Morgan fingerprint density at radius 1 is 1.02 bits per heavy atom. The van der Waals surface area contributed by atoms with Crippen LogP contribution in [0.3, 0.4) is 0 Å². The topological polar surface area (TPSA) is 67.2 Å². The molecule has 0 fully saturated rings. The predicted octanol–water partition coefficient (Wildman–Crippen LogP) is 6.24. The van der Waals surface area contributed by atoms with Crippen LogP contribution < -0.4 is 10.2 Å². The first-order chi connectivity index (χ1) is 19.5. The summed E-state index contributed by atoms with van der Waals surface area (Å²) in [6.45, 7) is 8.16. The number of aryl methyl sites for hydroxylation is 1. The molecular formula is C32H32F2N4O2S. The van der Waals surface area contributed by atoms with Crippen LogP contribution in [0.25, 0.3) is 5.69 Å². The third-order valence-corrected chi connectivity index (χ3v) is 8.18. The highest BCUT2D eigenvalue weighted by molar-refractivity contribution is 8.00. The Morgan fingerprint density at radius 3 is 2.32 bits per heavy atom. The van der Waals surface area contributed by atoms with Crippen molar-refractivity contribution in [3.05, 3.63) is 112 Å². The van der Waals surface area contributed by atoms with E-state index in [2.05, 4.69) is 26.1 Å². The summed E-state index contributed by atoms with van der Waals surface area (Å²) in [6, 6.07) is 20.0. The zero-order valence-electron chi connectivity index (χ0n) is 23.4. The van der Waals surface area contributed by atoms with Gasteiger partial charge >= 0.3 is 0 Å². The van der Waals surface area contributed by atoms with Gasteiger partial charge < -0.3 is 5.32 Å². The molecule has 0 saturated carbocycles. The van der Waals surface area contributed by atoms with E-state index in [-0.39, 0.29) is 47.5 Å². The fraction of sp³-hybridized carbons (Fsp3) is 0.281. The van der Waals surface area contributed by atoms with E-state index in [1.54, 1.807) is 28.9 Å². The smallest absolute Gasteiger partial charge is 0.240 e. The van der Waals surface area contributed by atoms with Crippen molar-refractivity contribution in [2.45, 2.75) is 44.9 Å². The van der Waals surface area contributed by atoms with Gasteiger partial charge in [-0.05, 0) is 60.0 Å². The van der Waals surface area contributed by atoms with Crippen molar-refractivity contribution in [3.8, 4) is 5.69 Å². The molecule has 6 nitrogen and oxygen atoms in total. The first-order valence-corrected chi connectivity index (χ1v) is 14.4. The van der Waals surface area contributed by atoms with Gasteiger partial charge in [0.15, 0.2) is 0 Å². The maximum atomic E-state index is 13.9. The standard InChI is InChI=1S/C32H32F2N4O2S/c1-20-6-5-7-25(16-20)38-31-28(30(36-38)32(2,3)4)29(22-10-14-24(34)15-11-22)41-19-27(40)37(31)18-26(39)35-17-21-8-12-23(33)13-9-21/h5-16,29H,17-19H2,1-4H3,(H,35,39)/t29-/m1/s1. The van der Waals surface area contributed by atoms with E-state index in [9.17, 15) is 18.4 Å². The summed E-state index contributed by atoms with van der Waals surface area (Å²) in [5, 5.41) is 7.62. The third-order valence-electron chi connectivity index (χ3n) is 6.92. The van der Waals surface area contributed by atoms with Gasteiger partial charge in [-0.15, -0.1) is 11.8 Å². The number of halogens is 2. The number of carbonyl (C=O) groups excluding carboxylic acids is 2. The Bertz CT molecular complexity index is 1580. The maximum Gasteiger partial charge on any atom is 0.240 e. The number of carbonyl (C=O) groups is 2. The first kappa shape index (κ1) is 28.5. The number of anilines is 1. The lowest BCUT2D eigenvalue weighted by molar-refractivity contribution is -0.123. The molecule has 9 heteroatoms. The molecule has 0 spiro atoms. The number of thioether (sulfide) groups is 1. The summed E-state index contributed by atoms with van der Waals surface area (Å²) in [5.41, 5.74) is 4.61. The van der Waals surface area contributed by atoms with Crippen molar-refractivity contribution >= 4 is 29.4 Å². The molecule has 1 aliphatic rings. The molecule has 2 heterocycles. The third kappa shape index (κ3) is 6.20. The van der Waals surface area contributed by atoms with Crippen molar-refractivity contribution in [3.63, 3.8) is 0 Å². The summed E-state index contributed by atoms with van der Waals surface area (Å²) >= 11 is 1.44. The van der Waals surface area contributed by atoms with Gasteiger partial charge in [-0.1, -0.05) is 57.2 Å². The SMILES string of the molecule is Cc1cccc(-n2nc(C(C)(C)C)c3c2N(CC(=O)NCc2ccc(F)cc2)C(=O)CS[C@@H]3c2ccc(F)cc2)c1. The van der Waals surface area contributed by atoms with Crippen LogP contribution >= 0.6 is 11.8 Å². The zero-order chi connectivity index (χ0) is 29.3. The van der Waals surface area contributed by atoms with E-state index in [0.29, 0.717) is 5.82 Å². The van der Waals surface area contributed by atoms with Crippen LogP contribution in [0, 0.1) is 18.6 Å². The van der Waals surface area contributed by atoms with Crippen LogP contribution in [0.5, 0.6) is 0 Å². The highest BCUT2D eigenvalue weighted by atomic mass is 32.2. The van der Waals surface area contributed by atoms with Crippen molar-refractivity contribution in [1.82, 2.24) is 15.1 Å². The van der Waals surface area contributed by atoms with Crippen LogP contribution in [0.1, 0.15) is 54.0 Å². The zero-order valence-corrected chi connectivity index (χ0v) is 24.3. The Balaban J connectivity index is 1.63. The fourth-order valence-electron chi connectivity index (χ4n) is 4.92. The van der Waals surface area contributed by atoms with Gasteiger partial charge in [0, 0.05) is 17.5 Å². The molecule has 41 heavy (non-hydrogen) atoms. The molecule has 1 aromatic heterocycles. The summed E-state index contributed by atoms with van der Waals surface area (Å²) in [6.07, 6.45) is 0. The number of amides is 2. The van der Waals surface area contributed by atoms with Crippen molar-refractivity contribution in [2.75, 3.05) is 17.2 Å².